The Morgan fingerprint density at radius 3 is 2.16 bits per heavy atom. The quantitative estimate of drug-likeness (QED) is 0.237. The normalized spacial score (nSPS) is 41.3. The second-order valence-electron chi connectivity index (χ2n) is 7.77. The predicted molar refractivity (Wildman–Crippen MR) is 103 cm³/mol. The third-order valence-electron chi connectivity index (χ3n) is 5.55. The van der Waals surface area contributed by atoms with Crippen LogP contribution in [0.15, 0.2) is 24.3 Å². The van der Waals surface area contributed by atoms with Crippen molar-refractivity contribution < 1.29 is 54.7 Å². The Kier molecular flexibility index (Phi) is 8.21. The molecule has 10 atom stereocenters. The summed E-state index contributed by atoms with van der Waals surface area (Å²) in [7, 11) is 0. The molecule has 31 heavy (non-hydrogen) atoms. The molecule has 11 heteroatoms. The van der Waals surface area contributed by atoms with Crippen LogP contribution in [0.4, 0.5) is 0 Å². The zero-order valence-corrected chi connectivity index (χ0v) is 17.0. The van der Waals surface area contributed by atoms with E-state index in [1.54, 1.807) is 12.1 Å². The molecule has 3 rings (SSSR count). The molecule has 0 bridgehead atoms. The highest BCUT2D eigenvalue weighted by Gasteiger charge is 2.50. The topological polar surface area (TPSA) is 179 Å². The second kappa shape index (κ2) is 10.5. The van der Waals surface area contributed by atoms with Gasteiger partial charge >= 0.3 is 0 Å². The average molecular weight is 446 g/mol. The van der Waals surface area contributed by atoms with Crippen molar-refractivity contribution in [3.8, 4) is 5.75 Å². The summed E-state index contributed by atoms with van der Waals surface area (Å²) in [4.78, 5) is 0. The highest BCUT2D eigenvalue weighted by molar-refractivity contribution is 5.25. The van der Waals surface area contributed by atoms with Crippen molar-refractivity contribution in [2.24, 2.45) is 0 Å². The molecule has 2 heterocycles. The van der Waals surface area contributed by atoms with Gasteiger partial charge in [0.1, 0.15) is 48.5 Å². The molecule has 0 saturated carbocycles. The summed E-state index contributed by atoms with van der Waals surface area (Å²) in [5.41, 5.74) is 0.872. The van der Waals surface area contributed by atoms with Crippen LogP contribution in [0.2, 0.25) is 0 Å². The van der Waals surface area contributed by atoms with Crippen molar-refractivity contribution in [3.05, 3.63) is 29.8 Å². The van der Waals surface area contributed by atoms with Crippen LogP contribution in [-0.2, 0) is 25.4 Å². The lowest BCUT2D eigenvalue weighted by Crippen LogP contribution is -2.64. The van der Waals surface area contributed by atoms with E-state index in [1.165, 1.54) is 19.1 Å². The largest absolute Gasteiger partial charge is 0.508 e. The third-order valence-corrected chi connectivity index (χ3v) is 5.55. The molecule has 0 aromatic heterocycles. The Bertz CT molecular complexity index is 684. The number of aromatic hydroxyl groups is 1. The molecule has 0 amide bonds. The monoisotopic (exact) mass is 446 g/mol. The summed E-state index contributed by atoms with van der Waals surface area (Å²) >= 11 is 0. The second-order valence-corrected chi connectivity index (χ2v) is 7.77. The lowest BCUT2D eigenvalue weighted by atomic mass is 9.96. The molecule has 10 unspecified atom stereocenters. The molecule has 2 aliphatic rings. The Morgan fingerprint density at radius 1 is 0.871 bits per heavy atom. The fraction of sp³-hybridized carbons (Fsp3) is 0.700. The van der Waals surface area contributed by atoms with Crippen molar-refractivity contribution >= 4 is 0 Å². The number of hydrogen-bond donors (Lipinski definition) is 7. The van der Waals surface area contributed by atoms with Gasteiger partial charge in [0.05, 0.1) is 19.3 Å². The Morgan fingerprint density at radius 2 is 1.52 bits per heavy atom. The summed E-state index contributed by atoms with van der Waals surface area (Å²) in [5.74, 6) is 0.135. The maximum Gasteiger partial charge on any atom is 0.186 e. The van der Waals surface area contributed by atoms with E-state index in [4.69, 9.17) is 18.9 Å². The zero-order valence-electron chi connectivity index (χ0n) is 17.0. The smallest absolute Gasteiger partial charge is 0.186 e. The minimum Gasteiger partial charge on any atom is -0.508 e. The fourth-order valence-electron chi connectivity index (χ4n) is 3.66. The van der Waals surface area contributed by atoms with Crippen molar-refractivity contribution in [3.63, 3.8) is 0 Å². The maximum absolute atomic E-state index is 10.5. The van der Waals surface area contributed by atoms with Crippen molar-refractivity contribution in [1.29, 1.82) is 0 Å². The van der Waals surface area contributed by atoms with E-state index in [9.17, 15) is 35.7 Å². The summed E-state index contributed by atoms with van der Waals surface area (Å²) in [6.45, 7) is 0.984. The Balaban J connectivity index is 1.60. The van der Waals surface area contributed by atoms with Crippen LogP contribution >= 0.6 is 0 Å². The number of phenols is 1. The summed E-state index contributed by atoms with van der Waals surface area (Å²) in [6.07, 6.45) is -13.2. The van der Waals surface area contributed by atoms with Gasteiger partial charge in [0.15, 0.2) is 12.6 Å². The molecule has 2 saturated heterocycles. The van der Waals surface area contributed by atoms with Crippen molar-refractivity contribution in [2.45, 2.75) is 74.8 Å². The van der Waals surface area contributed by atoms with Crippen molar-refractivity contribution in [2.75, 3.05) is 13.2 Å². The number of phenolic OH excluding ortho intramolecular Hbond substituents is 1. The van der Waals surface area contributed by atoms with Gasteiger partial charge in [0, 0.05) is 0 Å². The number of rotatable bonds is 7. The van der Waals surface area contributed by atoms with Gasteiger partial charge in [-0.2, -0.15) is 0 Å². The molecule has 2 aliphatic heterocycles. The number of hydrogen-bond acceptors (Lipinski definition) is 11. The maximum atomic E-state index is 10.5. The third kappa shape index (κ3) is 5.52. The molecule has 0 radical (unpaired) electrons. The van der Waals surface area contributed by atoms with E-state index in [-0.39, 0.29) is 12.4 Å². The van der Waals surface area contributed by atoms with Crippen LogP contribution in [0, 0.1) is 0 Å². The minimum atomic E-state index is -1.60. The van der Waals surface area contributed by atoms with Gasteiger partial charge < -0.3 is 54.7 Å². The molecule has 7 N–H and O–H groups in total. The molecule has 1 aromatic carbocycles. The molecule has 11 nitrogen and oxygen atoms in total. The minimum absolute atomic E-state index is 0.126. The van der Waals surface area contributed by atoms with Gasteiger partial charge in [-0.1, -0.05) is 12.1 Å². The summed E-state index contributed by atoms with van der Waals surface area (Å²) in [5, 5.41) is 70.2. The van der Waals surface area contributed by atoms with Gasteiger partial charge in [-0.25, -0.2) is 0 Å². The standard InChI is InChI=1S/C20H30O11/c1-9-13(23)14(24)18(19(27)29-9)31-17-12(8-21)30-20(16(26)15(17)25)28-7-6-10-2-4-11(22)5-3-10/h2-5,9,12-27H,6-8H2,1H3. The average Bonchev–Trinajstić information content (AvgIpc) is 2.75. The number of aliphatic hydroxyl groups is 6. The van der Waals surface area contributed by atoms with Gasteiger partial charge in [-0.3, -0.25) is 0 Å². The van der Waals surface area contributed by atoms with Gasteiger partial charge in [0.2, 0.25) is 0 Å². The van der Waals surface area contributed by atoms with Crippen LogP contribution < -0.4 is 0 Å². The van der Waals surface area contributed by atoms with Crippen LogP contribution in [0.3, 0.4) is 0 Å². The van der Waals surface area contributed by atoms with Gasteiger partial charge in [0.25, 0.3) is 0 Å². The number of ether oxygens (including phenoxy) is 4. The van der Waals surface area contributed by atoms with Crippen LogP contribution in [-0.4, -0.2) is 110 Å². The highest BCUT2D eigenvalue weighted by atomic mass is 16.7. The van der Waals surface area contributed by atoms with E-state index in [0.717, 1.165) is 5.56 Å². The van der Waals surface area contributed by atoms with E-state index < -0.39 is 68.0 Å². The number of aliphatic hydroxyl groups excluding tert-OH is 6. The lowest BCUT2D eigenvalue weighted by molar-refractivity contribution is -0.345. The molecule has 0 aliphatic carbocycles. The van der Waals surface area contributed by atoms with Gasteiger partial charge in [-0.05, 0) is 31.0 Å². The molecule has 1 aromatic rings. The van der Waals surface area contributed by atoms with E-state index in [1.807, 2.05) is 0 Å². The summed E-state index contributed by atoms with van der Waals surface area (Å²) < 4.78 is 21.7. The van der Waals surface area contributed by atoms with E-state index in [0.29, 0.717) is 6.42 Å². The van der Waals surface area contributed by atoms with E-state index >= 15 is 0 Å². The molecule has 2 fully saturated rings. The van der Waals surface area contributed by atoms with E-state index in [2.05, 4.69) is 0 Å². The first-order valence-electron chi connectivity index (χ1n) is 10.1. The molecular weight excluding hydrogens is 416 g/mol. The predicted octanol–water partition coefficient (Wildman–Crippen LogP) is -2.40. The highest BCUT2D eigenvalue weighted by Crippen LogP contribution is 2.29. The van der Waals surface area contributed by atoms with Crippen LogP contribution in [0.1, 0.15) is 12.5 Å². The zero-order chi connectivity index (χ0) is 22.7. The lowest BCUT2D eigenvalue weighted by Gasteiger charge is -2.46. The van der Waals surface area contributed by atoms with Crippen molar-refractivity contribution in [1.82, 2.24) is 0 Å². The first kappa shape index (κ1) is 24.3. The first-order chi connectivity index (χ1) is 14.7. The summed E-state index contributed by atoms with van der Waals surface area (Å²) in [6, 6.07) is 6.49. The molecule has 0 spiro atoms. The Labute approximate surface area is 179 Å². The van der Waals surface area contributed by atoms with Gasteiger partial charge in [-0.15, -0.1) is 0 Å². The van der Waals surface area contributed by atoms with Crippen LogP contribution in [0.5, 0.6) is 5.75 Å². The SMILES string of the molecule is CC1OC(O)C(OC2C(CO)OC(OCCc3ccc(O)cc3)C(O)C2O)C(O)C1O. The molecule has 176 valence electrons. The fourth-order valence-corrected chi connectivity index (χ4v) is 3.66. The molecular formula is C20H30O11. The van der Waals surface area contributed by atoms with Crippen LogP contribution in [0.25, 0.3) is 0 Å². The first-order valence-corrected chi connectivity index (χ1v) is 10.1. The Hall–Kier alpha value is -1.38. The number of benzene rings is 1.